The third-order valence-corrected chi connectivity index (χ3v) is 6.29. The molecule has 2 aromatic heterocycles. The predicted molar refractivity (Wildman–Crippen MR) is 136 cm³/mol. The van der Waals surface area contributed by atoms with Crippen LogP contribution in [0.15, 0.2) is 60.9 Å². The summed E-state index contributed by atoms with van der Waals surface area (Å²) < 4.78 is 5.14. The van der Waals surface area contributed by atoms with E-state index in [0.717, 1.165) is 23.2 Å². The molecule has 0 aliphatic carbocycles. The summed E-state index contributed by atoms with van der Waals surface area (Å²) in [5, 5.41) is 13.6. The standard InChI is InChI=1S/C26H26N6O4/c1-2-36-23(33)16-31(14-18-8-4-3-5-9-18)26-24(32(34)35)25(27-17-28-26)30-13-12-20-19-10-6-7-11-21(19)29-22(20)15-30/h3-11,17,29H,2,12-16H2,1H3. The molecular formula is C26H26N6O4. The fraction of sp³-hybridized carbons (Fsp3) is 0.269. The maximum atomic E-state index is 12.4. The second-order valence-electron chi connectivity index (χ2n) is 8.57. The molecule has 0 bridgehead atoms. The Morgan fingerprint density at radius 3 is 2.72 bits per heavy atom. The highest BCUT2D eigenvalue weighted by molar-refractivity contribution is 5.85. The molecule has 0 spiro atoms. The van der Waals surface area contributed by atoms with E-state index in [9.17, 15) is 14.9 Å². The molecule has 0 unspecified atom stereocenters. The number of rotatable bonds is 8. The highest BCUT2D eigenvalue weighted by atomic mass is 16.6. The van der Waals surface area contributed by atoms with Gasteiger partial charge in [-0.15, -0.1) is 0 Å². The summed E-state index contributed by atoms with van der Waals surface area (Å²) in [6, 6.07) is 17.5. The van der Waals surface area contributed by atoms with Crippen LogP contribution in [-0.4, -0.2) is 45.5 Å². The molecule has 10 heteroatoms. The number of ether oxygens (including phenoxy) is 1. The predicted octanol–water partition coefficient (Wildman–Crippen LogP) is 4.00. The number of nitrogens with one attached hydrogen (secondary N) is 1. The summed E-state index contributed by atoms with van der Waals surface area (Å²) >= 11 is 0. The van der Waals surface area contributed by atoms with Gasteiger partial charge in [0.15, 0.2) is 0 Å². The van der Waals surface area contributed by atoms with Crippen LogP contribution in [0, 0.1) is 10.1 Å². The Hall–Kier alpha value is -4.47. The van der Waals surface area contributed by atoms with Crippen molar-refractivity contribution in [2.75, 3.05) is 29.5 Å². The smallest absolute Gasteiger partial charge is 0.353 e. The van der Waals surface area contributed by atoms with Gasteiger partial charge < -0.3 is 19.5 Å². The van der Waals surface area contributed by atoms with E-state index in [4.69, 9.17) is 4.74 Å². The molecule has 184 valence electrons. The van der Waals surface area contributed by atoms with Crippen LogP contribution in [0.3, 0.4) is 0 Å². The van der Waals surface area contributed by atoms with Crippen molar-refractivity contribution in [1.29, 1.82) is 0 Å². The van der Waals surface area contributed by atoms with Crippen molar-refractivity contribution in [3.8, 4) is 0 Å². The first kappa shape index (κ1) is 23.3. The van der Waals surface area contributed by atoms with Gasteiger partial charge in [0.05, 0.1) is 18.1 Å². The molecule has 4 aromatic rings. The minimum atomic E-state index is -0.483. The number of hydrogen-bond acceptors (Lipinski definition) is 8. The van der Waals surface area contributed by atoms with Crippen molar-refractivity contribution in [2.24, 2.45) is 0 Å². The van der Waals surface area contributed by atoms with E-state index in [1.54, 1.807) is 11.8 Å². The number of fused-ring (bicyclic) bond motifs is 3. The lowest BCUT2D eigenvalue weighted by molar-refractivity contribution is -0.383. The van der Waals surface area contributed by atoms with Crippen molar-refractivity contribution in [1.82, 2.24) is 15.0 Å². The lowest BCUT2D eigenvalue weighted by atomic mass is 10.0. The second-order valence-corrected chi connectivity index (χ2v) is 8.57. The number of para-hydroxylation sites is 1. The zero-order valence-electron chi connectivity index (χ0n) is 19.9. The van der Waals surface area contributed by atoms with Gasteiger partial charge >= 0.3 is 11.7 Å². The summed E-state index contributed by atoms with van der Waals surface area (Å²) in [5.74, 6) is -0.163. The van der Waals surface area contributed by atoms with Crippen molar-refractivity contribution in [2.45, 2.75) is 26.4 Å². The van der Waals surface area contributed by atoms with Crippen LogP contribution in [0.4, 0.5) is 17.3 Å². The van der Waals surface area contributed by atoms with Crippen LogP contribution in [0.5, 0.6) is 0 Å². The number of carbonyl (C=O) groups is 1. The zero-order chi connectivity index (χ0) is 25.1. The van der Waals surface area contributed by atoms with Gasteiger partial charge in [-0.1, -0.05) is 48.5 Å². The van der Waals surface area contributed by atoms with Crippen molar-refractivity contribution in [3.63, 3.8) is 0 Å². The molecule has 1 aliphatic rings. The average molecular weight is 487 g/mol. The largest absolute Gasteiger partial charge is 0.465 e. The minimum Gasteiger partial charge on any atom is -0.465 e. The molecule has 1 aliphatic heterocycles. The van der Waals surface area contributed by atoms with Gasteiger partial charge in [-0.25, -0.2) is 9.97 Å². The molecular weight excluding hydrogens is 460 g/mol. The summed E-state index contributed by atoms with van der Waals surface area (Å²) in [6.45, 7) is 3.05. The molecule has 0 amide bonds. The van der Waals surface area contributed by atoms with E-state index >= 15 is 0 Å². The third kappa shape index (κ3) is 4.57. The van der Waals surface area contributed by atoms with Gasteiger partial charge in [0, 0.05) is 29.7 Å². The molecule has 0 saturated carbocycles. The van der Waals surface area contributed by atoms with E-state index in [1.807, 2.05) is 53.4 Å². The Labute approximate surface area is 207 Å². The summed E-state index contributed by atoms with van der Waals surface area (Å²) in [4.78, 5) is 39.9. The van der Waals surface area contributed by atoms with Crippen LogP contribution in [0.2, 0.25) is 0 Å². The average Bonchev–Trinajstić information content (AvgIpc) is 3.26. The Bertz CT molecular complexity index is 1400. The third-order valence-electron chi connectivity index (χ3n) is 6.29. The summed E-state index contributed by atoms with van der Waals surface area (Å²) in [7, 11) is 0. The Kier molecular flexibility index (Phi) is 6.48. The van der Waals surface area contributed by atoms with Crippen molar-refractivity contribution < 1.29 is 14.5 Å². The fourth-order valence-electron chi connectivity index (χ4n) is 4.73. The highest BCUT2D eigenvalue weighted by Gasteiger charge is 2.33. The molecule has 5 rings (SSSR count). The monoisotopic (exact) mass is 486 g/mol. The molecule has 0 fully saturated rings. The zero-order valence-corrected chi connectivity index (χ0v) is 19.9. The number of carbonyl (C=O) groups excluding carboxylic acids is 1. The van der Waals surface area contributed by atoms with Gasteiger partial charge in [-0.2, -0.15) is 0 Å². The number of hydrogen-bond donors (Lipinski definition) is 1. The first-order valence-corrected chi connectivity index (χ1v) is 11.8. The normalized spacial score (nSPS) is 12.9. The van der Waals surface area contributed by atoms with Crippen LogP contribution < -0.4 is 9.80 Å². The molecule has 2 aromatic carbocycles. The van der Waals surface area contributed by atoms with Gasteiger partial charge in [-0.3, -0.25) is 14.9 Å². The maximum absolute atomic E-state index is 12.4. The SMILES string of the molecule is CCOC(=O)CN(Cc1ccccc1)c1ncnc(N2CCc3c([nH]c4ccccc34)C2)c1[N+](=O)[O-]. The number of nitro groups is 1. The summed E-state index contributed by atoms with van der Waals surface area (Å²) in [5.41, 5.74) is 3.95. The lowest BCUT2D eigenvalue weighted by Crippen LogP contribution is -2.34. The van der Waals surface area contributed by atoms with E-state index in [2.05, 4.69) is 21.0 Å². The Morgan fingerprint density at radius 1 is 1.17 bits per heavy atom. The van der Waals surface area contributed by atoms with Gasteiger partial charge in [0.25, 0.3) is 0 Å². The van der Waals surface area contributed by atoms with Crippen molar-refractivity contribution >= 4 is 34.2 Å². The second kappa shape index (κ2) is 10.0. The first-order valence-electron chi connectivity index (χ1n) is 11.8. The van der Waals surface area contributed by atoms with E-state index < -0.39 is 10.9 Å². The first-order chi connectivity index (χ1) is 17.5. The number of anilines is 2. The van der Waals surface area contributed by atoms with Crippen LogP contribution >= 0.6 is 0 Å². The topological polar surface area (TPSA) is 117 Å². The fourth-order valence-corrected chi connectivity index (χ4v) is 4.73. The number of nitrogens with zero attached hydrogens (tertiary/aromatic N) is 5. The molecule has 0 saturated heterocycles. The Morgan fingerprint density at radius 2 is 1.94 bits per heavy atom. The highest BCUT2D eigenvalue weighted by Crippen LogP contribution is 2.38. The van der Waals surface area contributed by atoms with E-state index in [0.29, 0.717) is 13.1 Å². The van der Waals surface area contributed by atoms with Crippen molar-refractivity contribution in [3.05, 3.63) is 87.9 Å². The molecule has 3 heterocycles. The van der Waals surface area contributed by atoms with Gasteiger partial charge in [-0.05, 0) is 30.5 Å². The summed E-state index contributed by atoms with van der Waals surface area (Å²) in [6.07, 6.45) is 2.05. The molecule has 10 nitrogen and oxygen atoms in total. The molecule has 0 atom stereocenters. The number of benzene rings is 2. The number of aromatic amines is 1. The quantitative estimate of drug-likeness (QED) is 0.226. The number of aromatic nitrogens is 3. The van der Waals surface area contributed by atoms with Crippen LogP contribution in [-0.2, 0) is 29.0 Å². The minimum absolute atomic E-state index is 0.0874. The van der Waals surface area contributed by atoms with Crippen LogP contribution in [0.1, 0.15) is 23.7 Å². The van der Waals surface area contributed by atoms with Gasteiger partial charge in [0.2, 0.25) is 11.6 Å². The van der Waals surface area contributed by atoms with E-state index in [-0.39, 0.29) is 37.0 Å². The van der Waals surface area contributed by atoms with Crippen LogP contribution in [0.25, 0.3) is 10.9 Å². The maximum Gasteiger partial charge on any atom is 0.353 e. The van der Waals surface area contributed by atoms with Gasteiger partial charge in [0.1, 0.15) is 12.9 Å². The Balaban J connectivity index is 1.52. The number of esters is 1. The molecule has 36 heavy (non-hydrogen) atoms. The molecule has 0 radical (unpaired) electrons. The number of H-pyrrole nitrogens is 1. The van der Waals surface area contributed by atoms with E-state index in [1.165, 1.54) is 17.3 Å². The molecule has 1 N–H and O–H groups in total. The lowest BCUT2D eigenvalue weighted by Gasteiger charge is -2.29.